The monoisotopic (exact) mass is 274 g/mol. The Hall–Kier alpha value is -1.34. The number of halogens is 2. The highest BCUT2D eigenvalue weighted by molar-refractivity contribution is 6.21. The molecule has 0 aromatic heterocycles. The smallest absolute Gasteiger partial charge is 0.123 e. The highest BCUT2D eigenvalue weighted by Crippen LogP contribution is 2.48. The fourth-order valence-electron chi connectivity index (χ4n) is 3.12. The largest absolute Gasteiger partial charge is 0.207 e. The van der Waals surface area contributed by atoms with Crippen molar-refractivity contribution in [3.8, 4) is 0 Å². The number of aryl methyl sites for hydroxylation is 2. The van der Waals surface area contributed by atoms with Crippen LogP contribution in [0.15, 0.2) is 36.4 Å². The van der Waals surface area contributed by atoms with Crippen molar-refractivity contribution in [2.24, 2.45) is 0 Å². The van der Waals surface area contributed by atoms with Crippen LogP contribution in [-0.2, 0) is 6.42 Å². The Kier molecular flexibility index (Phi) is 3.10. The van der Waals surface area contributed by atoms with E-state index >= 15 is 0 Å². The van der Waals surface area contributed by atoms with E-state index in [1.54, 1.807) is 12.1 Å². The maximum atomic E-state index is 13.4. The lowest BCUT2D eigenvalue weighted by atomic mass is 9.73. The molecular weight excluding hydrogens is 259 g/mol. The summed E-state index contributed by atoms with van der Waals surface area (Å²) in [5.41, 5.74) is 5.70. The SMILES string of the molecule is Cc1cc(F)cc(C)c1C(Cl)C1Cc2ccccc21. The lowest BCUT2D eigenvalue weighted by molar-refractivity contribution is 0.579. The van der Waals surface area contributed by atoms with Crippen molar-refractivity contribution in [3.05, 3.63) is 70.0 Å². The Labute approximate surface area is 118 Å². The summed E-state index contributed by atoms with van der Waals surface area (Å²) in [5.74, 6) is 0.164. The number of hydrogen-bond acceptors (Lipinski definition) is 0. The molecular formula is C17H16ClF. The van der Waals surface area contributed by atoms with Gasteiger partial charge in [-0.15, -0.1) is 11.6 Å². The second-order valence-electron chi connectivity index (χ2n) is 5.36. The average Bonchev–Trinajstić information content (AvgIpc) is 2.29. The standard InChI is InChI=1S/C17H16ClF/c1-10-7-13(19)8-11(2)16(10)17(18)15-9-12-5-3-4-6-14(12)15/h3-8,15,17H,9H2,1-2H3. The summed E-state index contributed by atoms with van der Waals surface area (Å²) in [7, 11) is 0. The molecule has 0 fully saturated rings. The number of fused-ring (bicyclic) bond motifs is 1. The average molecular weight is 275 g/mol. The fraction of sp³-hybridized carbons (Fsp3) is 0.294. The molecule has 3 rings (SSSR count). The first-order valence-corrected chi connectivity index (χ1v) is 7.00. The van der Waals surface area contributed by atoms with E-state index in [9.17, 15) is 4.39 Å². The molecule has 0 saturated heterocycles. The molecule has 2 unspecified atom stereocenters. The molecule has 0 nitrogen and oxygen atoms in total. The van der Waals surface area contributed by atoms with Crippen LogP contribution in [0.25, 0.3) is 0 Å². The third-order valence-electron chi connectivity index (χ3n) is 4.08. The molecule has 0 bridgehead atoms. The minimum absolute atomic E-state index is 0.0736. The molecule has 0 N–H and O–H groups in total. The summed E-state index contributed by atoms with van der Waals surface area (Å²) < 4.78 is 13.4. The van der Waals surface area contributed by atoms with Gasteiger partial charge in [0.2, 0.25) is 0 Å². The van der Waals surface area contributed by atoms with Gasteiger partial charge >= 0.3 is 0 Å². The Morgan fingerprint density at radius 3 is 2.42 bits per heavy atom. The highest BCUT2D eigenvalue weighted by atomic mass is 35.5. The zero-order chi connectivity index (χ0) is 13.6. The Morgan fingerprint density at radius 2 is 1.79 bits per heavy atom. The number of alkyl halides is 1. The van der Waals surface area contributed by atoms with Crippen molar-refractivity contribution < 1.29 is 4.39 Å². The van der Waals surface area contributed by atoms with Gasteiger partial charge < -0.3 is 0 Å². The van der Waals surface area contributed by atoms with Crippen molar-refractivity contribution in [3.63, 3.8) is 0 Å². The predicted octanol–water partition coefficient (Wildman–Crippen LogP) is 5.06. The molecule has 0 amide bonds. The zero-order valence-electron chi connectivity index (χ0n) is 11.1. The third kappa shape index (κ3) is 2.06. The van der Waals surface area contributed by atoms with Crippen LogP contribution in [-0.4, -0.2) is 0 Å². The van der Waals surface area contributed by atoms with Crippen LogP contribution in [0.4, 0.5) is 4.39 Å². The van der Waals surface area contributed by atoms with Crippen LogP contribution in [0.2, 0.25) is 0 Å². The van der Waals surface area contributed by atoms with Gasteiger partial charge in [0, 0.05) is 5.92 Å². The maximum Gasteiger partial charge on any atom is 0.123 e. The molecule has 2 heteroatoms. The molecule has 98 valence electrons. The van der Waals surface area contributed by atoms with Crippen molar-refractivity contribution in [2.45, 2.75) is 31.6 Å². The third-order valence-corrected chi connectivity index (χ3v) is 4.60. The van der Waals surface area contributed by atoms with Gasteiger partial charge in [-0.3, -0.25) is 0 Å². The van der Waals surface area contributed by atoms with E-state index < -0.39 is 0 Å². The van der Waals surface area contributed by atoms with Gasteiger partial charge in [-0.25, -0.2) is 4.39 Å². The van der Waals surface area contributed by atoms with Crippen LogP contribution < -0.4 is 0 Å². The van der Waals surface area contributed by atoms with Crippen LogP contribution >= 0.6 is 11.6 Å². The molecule has 0 saturated carbocycles. The second kappa shape index (κ2) is 4.64. The van der Waals surface area contributed by atoms with E-state index in [0.717, 1.165) is 23.1 Å². The minimum atomic E-state index is -0.184. The fourth-order valence-corrected chi connectivity index (χ4v) is 3.69. The van der Waals surface area contributed by atoms with Crippen molar-refractivity contribution in [1.29, 1.82) is 0 Å². The molecule has 1 aliphatic rings. The van der Waals surface area contributed by atoms with Gasteiger partial charge in [-0.05, 0) is 60.2 Å². The lowest BCUT2D eigenvalue weighted by Crippen LogP contribution is -2.22. The van der Waals surface area contributed by atoms with E-state index in [0.29, 0.717) is 5.92 Å². The Morgan fingerprint density at radius 1 is 1.16 bits per heavy atom. The van der Waals surface area contributed by atoms with E-state index in [2.05, 4.69) is 24.3 Å². The first-order chi connectivity index (χ1) is 9.08. The molecule has 2 atom stereocenters. The molecule has 0 aliphatic heterocycles. The first-order valence-electron chi connectivity index (χ1n) is 6.56. The van der Waals surface area contributed by atoms with Gasteiger partial charge in [0.05, 0.1) is 5.38 Å². The van der Waals surface area contributed by atoms with E-state index in [1.165, 1.54) is 11.1 Å². The normalized spacial score (nSPS) is 18.6. The van der Waals surface area contributed by atoms with Crippen molar-refractivity contribution in [1.82, 2.24) is 0 Å². The number of hydrogen-bond donors (Lipinski definition) is 0. The summed E-state index contributed by atoms with van der Waals surface area (Å²) in [6.07, 6.45) is 1.01. The molecule has 2 aromatic rings. The summed E-state index contributed by atoms with van der Waals surface area (Å²) >= 11 is 6.68. The van der Waals surface area contributed by atoms with Crippen molar-refractivity contribution >= 4 is 11.6 Å². The topological polar surface area (TPSA) is 0 Å². The van der Waals surface area contributed by atoms with E-state index in [1.807, 2.05) is 13.8 Å². The molecule has 0 radical (unpaired) electrons. The van der Waals surface area contributed by atoms with Crippen molar-refractivity contribution in [2.75, 3.05) is 0 Å². The zero-order valence-corrected chi connectivity index (χ0v) is 11.8. The summed E-state index contributed by atoms with van der Waals surface area (Å²) in [6, 6.07) is 11.6. The summed E-state index contributed by atoms with van der Waals surface area (Å²) in [5, 5.41) is -0.0736. The second-order valence-corrected chi connectivity index (χ2v) is 5.83. The van der Waals surface area contributed by atoms with Gasteiger partial charge in [-0.1, -0.05) is 24.3 Å². The highest BCUT2D eigenvalue weighted by Gasteiger charge is 2.33. The van der Waals surface area contributed by atoms with E-state index in [-0.39, 0.29) is 11.2 Å². The first kappa shape index (κ1) is 12.7. The van der Waals surface area contributed by atoms with Crippen LogP contribution in [0, 0.1) is 19.7 Å². The Bertz CT molecular complexity index is 610. The molecule has 2 aromatic carbocycles. The van der Waals surface area contributed by atoms with Crippen LogP contribution in [0.3, 0.4) is 0 Å². The van der Waals surface area contributed by atoms with Crippen LogP contribution in [0.5, 0.6) is 0 Å². The van der Waals surface area contributed by atoms with Gasteiger partial charge in [0.25, 0.3) is 0 Å². The summed E-state index contributed by atoms with van der Waals surface area (Å²) in [6.45, 7) is 3.87. The van der Waals surface area contributed by atoms with Gasteiger partial charge in [0.15, 0.2) is 0 Å². The van der Waals surface area contributed by atoms with Gasteiger partial charge in [-0.2, -0.15) is 0 Å². The Balaban J connectivity index is 1.97. The molecule has 0 spiro atoms. The lowest BCUT2D eigenvalue weighted by Gasteiger charge is -2.35. The quantitative estimate of drug-likeness (QED) is 0.671. The molecule has 0 heterocycles. The minimum Gasteiger partial charge on any atom is -0.207 e. The molecule has 1 aliphatic carbocycles. The molecule has 19 heavy (non-hydrogen) atoms. The number of rotatable bonds is 2. The summed E-state index contributed by atoms with van der Waals surface area (Å²) in [4.78, 5) is 0. The maximum absolute atomic E-state index is 13.4. The number of benzene rings is 2. The predicted molar refractivity (Wildman–Crippen MR) is 77.4 cm³/mol. The van der Waals surface area contributed by atoms with E-state index in [4.69, 9.17) is 11.6 Å². The van der Waals surface area contributed by atoms with Crippen LogP contribution in [0.1, 0.15) is 39.1 Å². The van der Waals surface area contributed by atoms with Gasteiger partial charge in [0.1, 0.15) is 5.82 Å².